The van der Waals surface area contributed by atoms with Gasteiger partial charge in [-0.2, -0.15) is 0 Å². The lowest BCUT2D eigenvalue weighted by molar-refractivity contribution is 0.0461. The lowest BCUT2D eigenvalue weighted by Crippen LogP contribution is -2.06. The van der Waals surface area contributed by atoms with Gasteiger partial charge in [0, 0.05) is 12.0 Å². The van der Waals surface area contributed by atoms with Crippen LogP contribution in [0.4, 0.5) is 0 Å². The number of rotatable bonds is 6. The largest absolute Gasteiger partial charge is 0.371 e. The van der Waals surface area contributed by atoms with Gasteiger partial charge in [0.15, 0.2) is 0 Å². The Morgan fingerprint density at radius 2 is 2.25 bits per heavy atom. The molecule has 1 aliphatic rings. The Morgan fingerprint density at radius 1 is 1.50 bits per heavy atom. The fraction of sp³-hybridized carbons (Fsp3) is 0.769. The van der Waals surface area contributed by atoms with E-state index in [4.69, 9.17) is 9.72 Å². The first-order valence-electron chi connectivity index (χ1n) is 6.33. The van der Waals surface area contributed by atoms with Crippen molar-refractivity contribution in [3.05, 3.63) is 16.1 Å². The second kappa shape index (κ2) is 5.28. The van der Waals surface area contributed by atoms with Crippen LogP contribution in [0.5, 0.6) is 0 Å². The molecule has 2 unspecified atom stereocenters. The summed E-state index contributed by atoms with van der Waals surface area (Å²) in [5.41, 5.74) is 1.24. The summed E-state index contributed by atoms with van der Waals surface area (Å²) in [6, 6.07) is 0. The fourth-order valence-electron chi connectivity index (χ4n) is 1.85. The molecule has 1 fully saturated rings. The zero-order chi connectivity index (χ0) is 11.5. The maximum absolute atomic E-state index is 5.83. The first kappa shape index (κ1) is 12.1. The minimum Gasteiger partial charge on any atom is -0.371 e. The Bertz CT molecular complexity index is 332. The summed E-state index contributed by atoms with van der Waals surface area (Å²) in [5, 5.41) is 3.40. The molecule has 0 bridgehead atoms. The van der Waals surface area contributed by atoms with Crippen LogP contribution >= 0.6 is 11.3 Å². The number of ether oxygens (including phenoxy) is 1. The van der Waals surface area contributed by atoms with E-state index >= 15 is 0 Å². The molecule has 1 saturated carbocycles. The van der Waals surface area contributed by atoms with E-state index < -0.39 is 0 Å². The van der Waals surface area contributed by atoms with E-state index in [0.29, 0.717) is 5.92 Å². The molecule has 0 N–H and O–H groups in total. The van der Waals surface area contributed by atoms with E-state index in [1.165, 1.54) is 23.5 Å². The molecule has 0 spiro atoms. The smallest absolute Gasteiger partial charge is 0.122 e. The molecule has 90 valence electrons. The summed E-state index contributed by atoms with van der Waals surface area (Å²) in [6.07, 6.45) is 4.05. The van der Waals surface area contributed by atoms with Crippen LogP contribution in [0.1, 0.15) is 62.8 Å². The highest BCUT2D eigenvalue weighted by atomic mass is 32.1. The highest BCUT2D eigenvalue weighted by Gasteiger charge is 2.34. The number of hydrogen-bond acceptors (Lipinski definition) is 3. The van der Waals surface area contributed by atoms with Crippen molar-refractivity contribution in [2.75, 3.05) is 6.61 Å². The molecule has 2 atom stereocenters. The Balaban J connectivity index is 2.09. The molecular formula is C13H21NOS. The predicted octanol–water partition coefficient (Wildman–Crippen LogP) is 4.14. The van der Waals surface area contributed by atoms with E-state index in [-0.39, 0.29) is 6.10 Å². The van der Waals surface area contributed by atoms with Gasteiger partial charge in [-0.1, -0.05) is 13.8 Å². The van der Waals surface area contributed by atoms with Gasteiger partial charge in [0.1, 0.15) is 11.1 Å². The lowest BCUT2D eigenvalue weighted by Gasteiger charge is -2.13. The van der Waals surface area contributed by atoms with E-state index in [2.05, 4.69) is 26.2 Å². The van der Waals surface area contributed by atoms with Gasteiger partial charge in [0.05, 0.1) is 5.69 Å². The van der Waals surface area contributed by atoms with Crippen LogP contribution in [-0.4, -0.2) is 11.6 Å². The van der Waals surface area contributed by atoms with Crippen molar-refractivity contribution in [3.63, 3.8) is 0 Å². The van der Waals surface area contributed by atoms with Crippen molar-refractivity contribution in [3.8, 4) is 0 Å². The molecule has 0 saturated heterocycles. The monoisotopic (exact) mass is 239 g/mol. The summed E-state index contributed by atoms with van der Waals surface area (Å²) in [7, 11) is 0. The maximum Gasteiger partial charge on any atom is 0.122 e. The molecule has 1 aromatic heterocycles. The normalized spacial score (nSPS) is 19.7. The minimum atomic E-state index is 0.271. The van der Waals surface area contributed by atoms with E-state index in [1.54, 1.807) is 11.3 Å². The van der Waals surface area contributed by atoms with Gasteiger partial charge in [0.25, 0.3) is 0 Å². The lowest BCUT2D eigenvalue weighted by atomic mass is 10.1. The Labute approximate surface area is 102 Å². The van der Waals surface area contributed by atoms with Crippen molar-refractivity contribution in [1.82, 2.24) is 4.98 Å². The van der Waals surface area contributed by atoms with Gasteiger partial charge in [0.2, 0.25) is 0 Å². The molecule has 0 radical (unpaired) electrons. The van der Waals surface area contributed by atoms with Crippen LogP contribution < -0.4 is 0 Å². The second-order valence-electron chi connectivity index (χ2n) is 4.63. The first-order chi connectivity index (χ1) is 7.76. The van der Waals surface area contributed by atoms with Crippen molar-refractivity contribution >= 4 is 11.3 Å². The predicted molar refractivity (Wildman–Crippen MR) is 67.9 cm³/mol. The van der Waals surface area contributed by atoms with Gasteiger partial charge >= 0.3 is 0 Å². The number of hydrogen-bond donors (Lipinski definition) is 0. The maximum atomic E-state index is 5.83. The van der Waals surface area contributed by atoms with Crippen LogP contribution in [0.15, 0.2) is 5.38 Å². The van der Waals surface area contributed by atoms with Crippen LogP contribution in [0, 0.1) is 5.92 Å². The summed E-state index contributed by atoms with van der Waals surface area (Å²) in [4.78, 5) is 4.75. The quantitative estimate of drug-likeness (QED) is 0.744. The molecule has 0 amide bonds. The second-order valence-corrected chi connectivity index (χ2v) is 5.52. The summed E-state index contributed by atoms with van der Waals surface area (Å²) in [5.74, 6) is 1.31. The number of aromatic nitrogens is 1. The summed E-state index contributed by atoms with van der Waals surface area (Å²) in [6.45, 7) is 7.31. The first-order valence-corrected chi connectivity index (χ1v) is 7.21. The third-order valence-electron chi connectivity index (χ3n) is 3.30. The average molecular weight is 239 g/mol. The topological polar surface area (TPSA) is 22.1 Å². The van der Waals surface area contributed by atoms with E-state index in [0.717, 1.165) is 18.9 Å². The molecular weight excluding hydrogens is 218 g/mol. The fourth-order valence-corrected chi connectivity index (χ4v) is 2.93. The Hall–Kier alpha value is -0.410. The average Bonchev–Trinajstić information content (AvgIpc) is 3.02. The van der Waals surface area contributed by atoms with Gasteiger partial charge in [-0.05, 0) is 38.0 Å². The number of thiazole rings is 1. The highest BCUT2D eigenvalue weighted by molar-refractivity contribution is 7.09. The van der Waals surface area contributed by atoms with Gasteiger partial charge in [-0.15, -0.1) is 11.3 Å². The van der Waals surface area contributed by atoms with Crippen molar-refractivity contribution < 1.29 is 4.74 Å². The molecule has 0 aromatic carbocycles. The molecule has 2 rings (SSSR count). The zero-order valence-corrected chi connectivity index (χ0v) is 11.2. The van der Waals surface area contributed by atoms with Crippen LogP contribution in [0.2, 0.25) is 0 Å². The van der Waals surface area contributed by atoms with E-state index in [1.807, 2.05) is 0 Å². The molecule has 3 heteroatoms. The summed E-state index contributed by atoms with van der Waals surface area (Å²) >= 11 is 1.77. The van der Waals surface area contributed by atoms with Crippen LogP contribution in [0.3, 0.4) is 0 Å². The number of nitrogens with zero attached hydrogens (tertiary/aromatic N) is 1. The third-order valence-corrected chi connectivity index (χ3v) is 4.22. The van der Waals surface area contributed by atoms with Crippen molar-refractivity contribution in [2.45, 2.75) is 52.1 Å². The van der Waals surface area contributed by atoms with E-state index in [9.17, 15) is 0 Å². The zero-order valence-electron chi connectivity index (χ0n) is 10.4. The van der Waals surface area contributed by atoms with Gasteiger partial charge in [-0.25, -0.2) is 4.98 Å². The highest BCUT2D eigenvalue weighted by Crippen LogP contribution is 2.44. The van der Waals surface area contributed by atoms with Gasteiger partial charge < -0.3 is 4.74 Å². The Kier molecular flexibility index (Phi) is 3.98. The molecule has 2 nitrogen and oxygen atoms in total. The standard InChI is InChI=1S/C13H21NOS/c1-4-9(3)11-8-16-13(14-11)12(15-5-2)10-6-7-10/h8-10,12H,4-7H2,1-3H3. The molecule has 1 heterocycles. The van der Waals surface area contributed by atoms with Crippen LogP contribution in [-0.2, 0) is 4.74 Å². The minimum absolute atomic E-state index is 0.271. The Morgan fingerprint density at radius 3 is 2.81 bits per heavy atom. The summed E-state index contributed by atoms with van der Waals surface area (Å²) < 4.78 is 5.83. The molecule has 1 aromatic rings. The van der Waals surface area contributed by atoms with Gasteiger partial charge in [-0.3, -0.25) is 0 Å². The molecule has 16 heavy (non-hydrogen) atoms. The third kappa shape index (κ3) is 2.64. The molecule has 1 aliphatic carbocycles. The van der Waals surface area contributed by atoms with Crippen LogP contribution in [0.25, 0.3) is 0 Å². The van der Waals surface area contributed by atoms with Crippen molar-refractivity contribution in [1.29, 1.82) is 0 Å². The van der Waals surface area contributed by atoms with Crippen molar-refractivity contribution in [2.24, 2.45) is 5.92 Å². The SMILES string of the molecule is CCOC(c1nc(C(C)CC)cs1)C1CC1. The molecule has 0 aliphatic heterocycles.